The molecule has 18 heavy (non-hydrogen) atoms. The molecule has 102 valence electrons. The molecule has 0 aliphatic heterocycles. The van der Waals surface area contributed by atoms with Gasteiger partial charge in [-0.05, 0) is 34.1 Å². The Bertz CT molecular complexity index is 404. The SMILES string of the molecule is CCOC(=O)C(CC)NC(C)c1sc(C)nc1C. The van der Waals surface area contributed by atoms with Crippen molar-refractivity contribution in [2.24, 2.45) is 0 Å². The van der Waals surface area contributed by atoms with Gasteiger partial charge in [-0.25, -0.2) is 4.98 Å². The summed E-state index contributed by atoms with van der Waals surface area (Å²) in [6, 6.07) is -0.132. The normalized spacial score (nSPS) is 14.3. The van der Waals surface area contributed by atoms with E-state index in [0.29, 0.717) is 6.61 Å². The minimum atomic E-state index is -0.248. The van der Waals surface area contributed by atoms with Crippen LogP contribution in [-0.4, -0.2) is 23.6 Å². The fraction of sp³-hybridized carbons (Fsp3) is 0.692. The van der Waals surface area contributed by atoms with Gasteiger partial charge >= 0.3 is 5.97 Å². The van der Waals surface area contributed by atoms with E-state index in [2.05, 4.69) is 17.2 Å². The maximum absolute atomic E-state index is 11.7. The molecule has 0 aromatic carbocycles. The summed E-state index contributed by atoms with van der Waals surface area (Å²) in [7, 11) is 0. The third-order valence-electron chi connectivity index (χ3n) is 2.76. The van der Waals surface area contributed by atoms with Crippen LogP contribution in [0.2, 0.25) is 0 Å². The van der Waals surface area contributed by atoms with E-state index >= 15 is 0 Å². The number of rotatable bonds is 6. The molecule has 2 unspecified atom stereocenters. The molecule has 0 spiro atoms. The average molecular weight is 270 g/mol. The maximum atomic E-state index is 11.7. The summed E-state index contributed by atoms with van der Waals surface area (Å²) in [4.78, 5) is 17.3. The highest BCUT2D eigenvalue weighted by Crippen LogP contribution is 2.25. The fourth-order valence-electron chi connectivity index (χ4n) is 1.92. The summed E-state index contributed by atoms with van der Waals surface area (Å²) >= 11 is 1.67. The van der Waals surface area contributed by atoms with Crippen molar-refractivity contribution in [3.8, 4) is 0 Å². The maximum Gasteiger partial charge on any atom is 0.323 e. The number of nitrogens with one attached hydrogen (secondary N) is 1. The summed E-state index contributed by atoms with van der Waals surface area (Å²) in [5.41, 5.74) is 1.04. The van der Waals surface area contributed by atoms with Crippen LogP contribution in [0.3, 0.4) is 0 Å². The molecule has 0 radical (unpaired) electrons. The van der Waals surface area contributed by atoms with Crippen molar-refractivity contribution < 1.29 is 9.53 Å². The summed E-state index contributed by atoms with van der Waals surface area (Å²) in [6.07, 6.45) is 0.722. The van der Waals surface area contributed by atoms with E-state index < -0.39 is 0 Å². The van der Waals surface area contributed by atoms with E-state index in [0.717, 1.165) is 17.1 Å². The van der Waals surface area contributed by atoms with Crippen molar-refractivity contribution in [1.82, 2.24) is 10.3 Å². The third-order valence-corrected chi connectivity index (χ3v) is 4.02. The van der Waals surface area contributed by atoms with Crippen LogP contribution in [0.4, 0.5) is 0 Å². The zero-order chi connectivity index (χ0) is 13.7. The predicted octanol–water partition coefficient (Wildman–Crippen LogP) is 2.75. The molecular formula is C13H22N2O2S. The van der Waals surface area contributed by atoms with Gasteiger partial charge < -0.3 is 4.74 Å². The van der Waals surface area contributed by atoms with Crippen molar-refractivity contribution >= 4 is 17.3 Å². The minimum Gasteiger partial charge on any atom is -0.465 e. The highest BCUT2D eigenvalue weighted by Gasteiger charge is 2.22. The monoisotopic (exact) mass is 270 g/mol. The average Bonchev–Trinajstić information content (AvgIpc) is 2.65. The molecular weight excluding hydrogens is 248 g/mol. The van der Waals surface area contributed by atoms with E-state index in [4.69, 9.17) is 4.74 Å². The smallest absolute Gasteiger partial charge is 0.323 e. The molecule has 1 rings (SSSR count). The first kappa shape index (κ1) is 15.1. The van der Waals surface area contributed by atoms with Crippen LogP contribution in [-0.2, 0) is 9.53 Å². The van der Waals surface area contributed by atoms with Crippen molar-refractivity contribution in [3.05, 3.63) is 15.6 Å². The molecule has 0 fully saturated rings. The topological polar surface area (TPSA) is 51.2 Å². The highest BCUT2D eigenvalue weighted by atomic mass is 32.1. The third kappa shape index (κ3) is 3.78. The van der Waals surface area contributed by atoms with Gasteiger partial charge in [0.15, 0.2) is 0 Å². The van der Waals surface area contributed by atoms with Gasteiger partial charge in [-0.15, -0.1) is 11.3 Å². The second kappa shape index (κ2) is 6.85. The number of thiazole rings is 1. The number of esters is 1. The molecule has 5 heteroatoms. The first-order valence-electron chi connectivity index (χ1n) is 6.36. The largest absolute Gasteiger partial charge is 0.465 e. The minimum absolute atomic E-state index is 0.116. The van der Waals surface area contributed by atoms with Gasteiger partial charge in [0, 0.05) is 10.9 Å². The molecule has 1 N–H and O–H groups in total. The predicted molar refractivity (Wildman–Crippen MR) is 73.9 cm³/mol. The lowest BCUT2D eigenvalue weighted by molar-refractivity contribution is -0.145. The van der Waals surface area contributed by atoms with Crippen LogP contribution >= 0.6 is 11.3 Å². The second-order valence-electron chi connectivity index (χ2n) is 4.28. The fourth-order valence-corrected chi connectivity index (χ4v) is 2.86. The zero-order valence-electron chi connectivity index (χ0n) is 11.7. The number of aryl methyl sites for hydroxylation is 2. The van der Waals surface area contributed by atoms with Crippen molar-refractivity contribution in [3.63, 3.8) is 0 Å². The Labute approximate surface area is 113 Å². The van der Waals surface area contributed by atoms with Crippen LogP contribution in [0.25, 0.3) is 0 Å². The van der Waals surface area contributed by atoms with Gasteiger partial charge in [0.1, 0.15) is 6.04 Å². The summed E-state index contributed by atoms with van der Waals surface area (Å²) in [6.45, 7) is 10.3. The van der Waals surface area contributed by atoms with Gasteiger partial charge in [-0.2, -0.15) is 0 Å². The molecule has 0 bridgehead atoms. The number of hydrogen-bond donors (Lipinski definition) is 1. The van der Waals surface area contributed by atoms with Crippen LogP contribution in [0.15, 0.2) is 0 Å². The number of aromatic nitrogens is 1. The van der Waals surface area contributed by atoms with Gasteiger partial charge in [-0.1, -0.05) is 6.92 Å². The van der Waals surface area contributed by atoms with E-state index in [1.54, 1.807) is 11.3 Å². The lowest BCUT2D eigenvalue weighted by Gasteiger charge is -2.20. The van der Waals surface area contributed by atoms with E-state index in [1.165, 1.54) is 4.88 Å². The quantitative estimate of drug-likeness (QED) is 0.808. The van der Waals surface area contributed by atoms with Gasteiger partial charge in [0.25, 0.3) is 0 Å². The number of carbonyl (C=O) groups excluding carboxylic acids is 1. The Morgan fingerprint density at radius 1 is 1.44 bits per heavy atom. The first-order chi connectivity index (χ1) is 8.49. The van der Waals surface area contributed by atoms with E-state index in [9.17, 15) is 4.79 Å². The molecule has 2 atom stereocenters. The van der Waals surface area contributed by atoms with Gasteiger partial charge in [-0.3, -0.25) is 10.1 Å². The van der Waals surface area contributed by atoms with Crippen LogP contribution < -0.4 is 5.32 Å². The van der Waals surface area contributed by atoms with Crippen LogP contribution in [0, 0.1) is 13.8 Å². The van der Waals surface area contributed by atoms with Crippen LogP contribution in [0.1, 0.15) is 48.8 Å². The summed E-state index contributed by atoms with van der Waals surface area (Å²) < 4.78 is 5.05. The molecule has 0 saturated heterocycles. The molecule has 0 saturated carbocycles. The lowest BCUT2D eigenvalue weighted by atomic mass is 10.1. The molecule has 4 nitrogen and oxygen atoms in total. The molecule has 0 aliphatic carbocycles. The van der Waals surface area contributed by atoms with Gasteiger partial charge in [0.05, 0.1) is 17.3 Å². The summed E-state index contributed by atoms with van der Waals surface area (Å²) in [5.74, 6) is -0.175. The van der Waals surface area contributed by atoms with Crippen molar-refractivity contribution in [2.75, 3.05) is 6.61 Å². The summed E-state index contributed by atoms with van der Waals surface area (Å²) in [5, 5.41) is 4.37. The highest BCUT2D eigenvalue weighted by molar-refractivity contribution is 7.11. The number of hydrogen-bond acceptors (Lipinski definition) is 5. The molecule has 0 amide bonds. The Balaban J connectivity index is 2.70. The number of carbonyl (C=O) groups is 1. The lowest BCUT2D eigenvalue weighted by Crippen LogP contribution is -2.39. The Kier molecular flexibility index (Phi) is 5.75. The van der Waals surface area contributed by atoms with Crippen molar-refractivity contribution in [2.45, 2.75) is 53.1 Å². The van der Waals surface area contributed by atoms with Crippen LogP contribution in [0.5, 0.6) is 0 Å². The number of ether oxygens (including phenoxy) is 1. The Hall–Kier alpha value is -0.940. The molecule has 1 heterocycles. The van der Waals surface area contributed by atoms with E-state index in [1.807, 2.05) is 27.7 Å². The molecule has 0 aliphatic rings. The van der Waals surface area contributed by atoms with E-state index in [-0.39, 0.29) is 18.1 Å². The van der Waals surface area contributed by atoms with Crippen molar-refractivity contribution in [1.29, 1.82) is 0 Å². The first-order valence-corrected chi connectivity index (χ1v) is 7.17. The van der Waals surface area contributed by atoms with Gasteiger partial charge in [0.2, 0.25) is 0 Å². The molecule has 1 aromatic heterocycles. The Morgan fingerprint density at radius 3 is 2.56 bits per heavy atom. The Morgan fingerprint density at radius 2 is 2.11 bits per heavy atom. The zero-order valence-corrected chi connectivity index (χ0v) is 12.6. The molecule has 1 aromatic rings. The standard InChI is InChI=1S/C13H22N2O2S/c1-6-11(13(16)17-7-2)15-9(4)12-8(3)14-10(5)18-12/h9,11,15H,6-7H2,1-5H3. The number of nitrogens with zero attached hydrogens (tertiary/aromatic N) is 1. The second-order valence-corrected chi connectivity index (χ2v) is 5.52.